The number of primary amides is 1. The number of hydrogen-bond donors (Lipinski definition) is 2. The summed E-state index contributed by atoms with van der Waals surface area (Å²) in [5.74, 6) is -0.557. The maximum absolute atomic E-state index is 10.5. The van der Waals surface area contributed by atoms with E-state index in [9.17, 15) is 14.9 Å². The molecule has 0 saturated carbocycles. The normalized spacial score (nSPS) is 10.4. The Kier molecular flexibility index (Phi) is 2.61. The quantitative estimate of drug-likeness (QED) is 0.592. The Balaban J connectivity index is 2.30. The standard InChI is InChI=1S/C9H8N4O4/c10-8(14)4-11-9-12-6-2-1-5(13(15)16)3-7(6)17-9/h1-3H,4H2,(H2,10,14)(H,11,12). The lowest BCUT2D eigenvalue weighted by atomic mass is 10.3. The average Bonchev–Trinajstić information content (AvgIpc) is 2.67. The Morgan fingerprint density at radius 3 is 3.00 bits per heavy atom. The first-order valence-corrected chi connectivity index (χ1v) is 4.63. The fourth-order valence-corrected chi connectivity index (χ4v) is 1.27. The van der Waals surface area contributed by atoms with Gasteiger partial charge in [-0.15, -0.1) is 0 Å². The molecule has 0 aliphatic heterocycles. The molecule has 0 unspecified atom stereocenters. The molecule has 2 rings (SSSR count). The zero-order valence-electron chi connectivity index (χ0n) is 8.54. The Morgan fingerprint density at radius 2 is 2.35 bits per heavy atom. The number of non-ortho nitro benzene ring substituents is 1. The van der Waals surface area contributed by atoms with E-state index in [1.807, 2.05) is 0 Å². The van der Waals surface area contributed by atoms with Crippen molar-refractivity contribution in [3.8, 4) is 0 Å². The summed E-state index contributed by atoms with van der Waals surface area (Å²) in [6, 6.07) is 4.15. The summed E-state index contributed by atoms with van der Waals surface area (Å²) in [6.45, 7) is -0.116. The lowest BCUT2D eigenvalue weighted by molar-refractivity contribution is -0.384. The van der Waals surface area contributed by atoms with Crippen LogP contribution in [0.4, 0.5) is 11.7 Å². The van der Waals surface area contributed by atoms with Crippen molar-refractivity contribution < 1.29 is 14.1 Å². The molecule has 0 spiro atoms. The van der Waals surface area contributed by atoms with Crippen LogP contribution in [0.5, 0.6) is 0 Å². The van der Waals surface area contributed by atoms with Crippen LogP contribution in [-0.2, 0) is 4.79 Å². The molecule has 0 bridgehead atoms. The van der Waals surface area contributed by atoms with Crippen molar-refractivity contribution in [2.45, 2.75) is 0 Å². The van der Waals surface area contributed by atoms with E-state index in [1.54, 1.807) is 0 Å². The highest BCUT2D eigenvalue weighted by Crippen LogP contribution is 2.23. The fraction of sp³-hybridized carbons (Fsp3) is 0.111. The van der Waals surface area contributed by atoms with Crippen molar-refractivity contribution in [1.82, 2.24) is 4.98 Å². The Morgan fingerprint density at radius 1 is 1.59 bits per heavy atom. The summed E-state index contributed by atoms with van der Waals surface area (Å²) in [4.78, 5) is 24.5. The number of nitro groups is 1. The van der Waals surface area contributed by atoms with Gasteiger partial charge in [0.15, 0.2) is 5.58 Å². The predicted octanol–water partition coefficient (Wildman–Crippen LogP) is 0.633. The van der Waals surface area contributed by atoms with Crippen LogP contribution < -0.4 is 11.1 Å². The molecule has 8 heteroatoms. The van der Waals surface area contributed by atoms with Gasteiger partial charge < -0.3 is 15.5 Å². The molecule has 0 saturated heterocycles. The predicted molar refractivity (Wildman–Crippen MR) is 58.3 cm³/mol. The van der Waals surface area contributed by atoms with Crippen LogP contribution in [0.3, 0.4) is 0 Å². The number of nitrogens with one attached hydrogen (secondary N) is 1. The Bertz CT molecular complexity index is 592. The van der Waals surface area contributed by atoms with Gasteiger partial charge in [0.2, 0.25) is 5.91 Å². The monoisotopic (exact) mass is 236 g/mol. The van der Waals surface area contributed by atoms with Crippen LogP contribution in [0.25, 0.3) is 11.1 Å². The number of fused-ring (bicyclic) bond motifs is 1. The highest BCUT2D eigenvalue weighted by molar-refractivity contribution is 5.80. The number of nitrogens with zero attached hydrogens (tertiary/aromatic N) is 2. The van der Waals surface area contributed by atoms with Gasteiger partial charge in [-0.05, 0) is 6.07 Å². The first-order valence-electron chi connectivity index (χ1n) is 4.63. The summed E-state index contributed by atoms with van der Waals surface area (Å²) in [5.41, 5.74) is 5.58. The molecule has 88 valence electrons. The second kappa shape index (κ2) is 4.08. The van der Waals surface area contributed by atoms with E-state index in [-0.39, 0.29) is 23.8 Å². The molecule has 0 fully saturated rings. The number of nitrogens with two attached hydrogens (primary N) is 1. The van der Waals surface area contributed by atoms with Gasteiger partial charge in [-0.1, -0.05) is 0 Å². The topological polar surface area (TPSA) is 124 Å². The summed E-state index contributed by atoms with van der Waals surface area (Å²) in [6.07, 6.45) is 0. The summed E-state index contributed by atoms with van der Waals surface area (Å²) in [7, 11) is 0. The van der Waals surface area contributed by atoms with E-state index in [4.69, 9.17) is 10.2 Å². The van der Waals surface area contributed by atoms with Crippen LogP contribution in [0.15, 0.2) is 22.6 Å². The van der Waals surface area contributed by atoms with Crippen molar-refractivity contribution in [3.05, 3.63) is 28.3 Å². The second-order valence-corrected chi connectivity index (χ2v) is 3.25. The smallest absolute Gasteiger partial charge is 0.296 e. The van der Waals surface area contributed by atoms with Crippen LogP contribution in [0.1, 0.15) is 0 Å². The number of oxazole rings is 1. The molecule has 8 nitrogen and oxygen atoms in total. The fourth-order valence-electron chi connectivity index (χ4n) is 1.27. The Labute approximate surface area is 94.6 Å². The van der Waals surface area contributed by atoms with E-state index in [1.165, 1.54) is 18.2 Å². The van der Waals surface area contributed by atoms with Gasteiger partial charge in [-0.2, -0.15) is 4.98 Å². The number of amides is 1. The zero-order valence-corrected chi connectivity index (χ0v) is 8.54. The molecule has 0 radical (unpaired) electrons. The zero-order chi connectivity index (χ0) is 12.4. The molecular weight excluding hydrogens is 228 g/mol. The number of hydrogen-bond acceptors (Lipinski definition) is 6. The van der Waals surface area contributed by atoms with Gasteiger partial charge in [0.1, 0.15) is 5.52 Å². The first kappa shape index (κ1) is 10.9. The lowest BCUT2D eigenvalue weighted by Crippen LogP contribution is -2.21. The minimum absolute atomic E-state index is 0.0879. The van der Waals surface area contributed by atoms with Crippen molar-refractivity contribution in [1.29, 1.82) is 0 Å². The van der Waals surface area contributed by atoms with E-state index in [0.717, 1.165) is 0 Å². The third-order valence-electron chi connectivity index (χ3n) is 2.00. The van der Waals surface area contributed by atoms with Gasteiger partial charge in [0.25, 0.3) is 11.7 Å². The van der Waals surface area contributed by atoms with Crippen LogP contribution in [0.2, 0.25) is 0 Å². The molecule has 2 aromatic rings. The molecule has 0 atom stereocenters. The molecule has 1 amide bonds. The highest BCUT2D eigenvalue weighted by Gasteiger charge is 2.11. The summed E-state index contributed by atoms with van der Waals surface area (Å²) >= 11 is 0. The molecule has 3 N–H and O–H groups in total. The van der Waals surface area contributed by atoms with Gasteiger partial charge >= 0.3 is 0 Å². The van der Waals surface area contributed by atoms with E-state index in [2.05, 4.69) is 10.3 Å². The van der Waals surface area contributed by atoms with Crippen LogP contribution in [0, 0.1) is 10.1 Å². The third kappa shape index (κ3) is 2.30. The first-order chi connectivity index (χ1) is 8.06. The molecule has 0 aliphatic rings. The number of carbonyl (C=O) groups is 1. The van der Waals surface area contributed by atoms with Crippen molar-refractivity contribution in [3.63, 3.8) is 0 Å². The van der Waals surface area contributed by atoms with Crippen LogP contribution in [-0.4, -0.2) is 22.4 Å². The average molecular weight is 236 g/mol. The maximum Gasteiger partial charge on any atom is 0.296 e. The summed E-state index contributed by atoms with van der Waals surface area (Å²) < 4.78 is 5.17. The number of benzene rings is 1. The van der Waals surface area contributed by atoms with Gasteiger partial charge in [-0.25, -0.2) is 0 Å². The highest BCUT2D eigenvalue weighted by atomic mass is 16.6. The van der Waals surface area contributed by atoms with Gasteiger partial charge in [0, 0.05) is 6.07 Å². The van der Waals surface area contributed by atoms with Crippen molar-refractivity contribution in [2.24, 2.45) is 5.73 Å². The molecule has 1 aromatic carbocycles. The number of rotatable bonds is 4. The number of carbonyl (C=O) groups excluding carboxylic acids is 1. The number of nitro benzene ring substituents is 1. The third-order valence-corrected chi connectivity index (χ3v) is 2.00. The van der Waals surface area contributed by atoms with Crippen LogP contribution >= 0.6 is 0 Å². The van der Waals surface area contributed by atoms with E-state index < -0.39 is 10.8 Å². The summed E-state index contributed by atoms with van der Waals surface area (Å²) in [5, 5.41) is 13.1. The number of aromatic nitrogens is 1. The molecule has 17 heavy (non-hydrogen) atoms. The molecular formula is C9H8N4O4. The number of anilines is 1. The van der Waals surface area contributed by atoms with Crippen molar-refractivity contribution >= 4 is 28.7 Å². The molecule has 1 heterocycles. The minimum Gasteiger partial charge on any atom is -0.423 e. The Hall–Kier alpha value is -2.64. The molecule has 0 aliphatic carbocycles. The molecule has 1 aromatic heterocycles. The van der Waals surface area contributed by atoms with Gasteiger partial charge in [-0.3, -0.25) is 14.9 Å². The van der Waals surface area contributed by atoms with E-state index in [0.29, 0.717) is 5.52 Å². The minimum atomic E-state index is -0.557. The largest absolute Gasteiger partial charge is 0.423 e. The lowest BCUT2D eigenvalue weighted by Gasteiger charge is -1.94. The van der Waals surface area contributed by atoms with E-state index >= 15 is 0 Å². The van der Waals surface area contributed by atoms with Crippen molar-refractivity contribution in [2.75, 3.05) is 11.9 Å². The maximum atomic E-state index is 10.5. The van der Waals surface area contributed by atoms with Gasteiger partial charge in [0.05, 0.1) is 17.5 Å². The SMILES string of the molecule is NC(=O)CNc1nc2ccc([N+](=O)[O-])cc2o1. The second-order valence-electron chi connectivity index (χ2n) is 3.25.